The van der Waals surface area contributed by atoms with Crippen molar-refractivity contribution in [2.24, 2.45) is 0 Å². The van der Waals surface area contributed by atoms with E-state index >= 15 is 0 Å². The highest BCUT2D eigenvalue weighted by Crippen LogP contribution is 2.05. The Hall–Kier alpha value is -0.630. The Kier molecular flexibility index (Phi) is 7.31. The van der Waals surface area contributed by atoms with E-state index in [4.69, 9.17) is 14.7 Å². The molecular formula is C11H22N2O2. The summed E-state index contributed by atoms with van der Waals surface area (Å²) in [6.07, 6.45) is 1.02. The van der Waals surface area contributed by atoms with Crippen LogP contribution in [0.4, 0.5) is 0 Å². The van der Waals surface area contributed by atoms with Gasteiger partial charge in [-0.05, 0) is 26.8 Å². The molecule has 0 spiro atoms. The van der Waals surface area contributed by atoms with E-state index in [0.717, 1.165) is 13.0 Å². The first-order chi connectivity index (χ1) is 7.08. The molecule has 88 valence electrons. The van der Waals surface area contributed by atoms with Gasteiger partial charge in [0.2, 0.25) is 0 Å². The van der Waals surface area contributed by atoms with Crippen molar-refractivity contribution in [3.8, 4) is 6.07 Å². The highest BCUT2D eigenvalue weighted by atomic mass is 16.5. The maximum absolute atomic E-state index is 9.03. The zero-order valence-corrected chi connectivity index (χ0v) is 10.2. The van der Waals surface area contributed by atoms with Crippen LogP contribution < -0.4 is 5.32 Å². The summed E-state index contributed by atoms with van der Waals surface area (Å²) in [6, 6.07) is 2.23. The van der Waals surface area contributed by atoms with Crippen LogP contribution in [0.5, 0.6) is 0 Å². The first-order valence-electron chi connectivity index (χ1n) is 5.34. The number of nitriles is 1. The molecule has 0 aliphatic carbocycles. The highest BCUT2D eigenvalue weighted by molar-refractivity contribution is 5.03. The molecule has 0 aliphatic heterocycles. The van der Waals surface area contributed by atoms with Gasteiger partial charge in [-0.25, -0.2) is 0 Å². The van der Waals surface area contributed by atoms with E-state index in [9.17, 15) is 0 Å². The summed E-state index contributed by atoms with van der Waals surface area (Å²) in [4.78, 5) is 0. The lowest BCUT2D eigenvalue weighted by Crippen LogP contribution is -2.46. The maximum Gasteiger partial charge on any atom is 0.127 e. The Bertz CT molecular complexity index is 203. The second kappa shape index (κ2) is 7.63. The molecule has 4 heteroatoms. The number of nitrogens with one attached hydrogen (secondary N) is 1. The van der Waals surface area contributed by atoms with Gasteiger partial charge in [0, 0.05) is 7.11 Å². The van der Waals surface area contributed by atoms with Gasteiger partial charge >= 0.3 is 0 Å². The third-order valence-corrected chi connectivity index (χ3v) is 2.07. The van der Waals surface area contributed by atoms with Gasteiger partial charge in [-0.2, -0.15) is 5.26 Å². The van der Waals surface area contributed by atoms with Crippen LogP contribution in [-0.2, 0) is 9.47 Å². The minimum atomic E-state index is -0.599. The molecule has 0 aromatic rings. The van der Waals surface area contributed by atoms with E-state index in [1.165, 1.54) is 0 Å². The molecule has 0 saturated heterocycles. The zero-order chi connectivity index (χ0) is 11.7. The fourth-order valence-electron chi connectivity index (χ4n) is 1.12. The summed E-state index contributed by atoms with van der Waals surface area (Å²) in [5.74, 6) is 0. The molecule has 4 nitrogen and oxygen atoms in total. The van der Waals surface area contributed by atoms with Gasteiger partial charge in [-0.1, -0.05) is 6.92 Å². The van der Waals surface area contributed by atoms with Gasteiger partial charge in [-0.15, -0.1) is 0 Å². The molecule has 0 bridgehead atoms. The lowest BCUT2D eigenvalue weighted by Gasteiger charge is -2.24. The molecule has 0 saturated carbocycles. The minimum Gasteiger partial charge on any atom is -0.382 e. The lowest BCUT2D eigenvalue weighted by molar-refractivity contribution is -0.00758. The van der Waals surface area contributed by atoms with Gasteiger partial charge in [0.25, 0.3) is 0 Å². The van der Waals surface area contributed by atoms with Gasteiger partial charge in [-0.3, -0.25) is 5.32 Å². The maximum atomic E-state index is 9.03. The van der Waals surface area contributed by atoms with Crippen LogP contribution >= 0.6 is 0 Å². The largest absolute Gasteiger partial charge is 0.382 e. The Labute approximate surface area is 92.6 Å². The van der Waals surface area contributed by atoms with Gasteiger partial charge < -0.3 is 9.47 Å². The summed E-state index contributed by atoms with van der Waals surface area (Å²) in [6.45, 7) is 7.61. The SMILES string of the molecule is CCCNC(C)(C#N)COC(C)COC. The number of nitrogens with zero attached hydrogens (tertiary/aromatic N) is 1. The minimum absolute atomic E-state index is 0.0195. The molecule has 0 aromatic heterocycles. The number of ether oxygens (including phenoxy) is 2. The smallest absolute Gasteiger partial charge is 0.127 e. The monoisotopic (exact) mass is 214 g/mol. The molecule has 0 aromatic carbocycles. The number of rotatable bonds is 8. The normalized spacial score (nSPS) is 16.7. The van der Waals surface area contributed by atoms with Crippen molar-refractivity contribution in [3.63, 3.8) is 0 Å². The summed E-state index contributed by atoms with van der Waals surface area (Å²) >= 11 is 0. The second-order valence-electron chi connectivity index (χ2n) is 3.95. The topological polar surface area (TPSA) is 54.3 Å². The average molecular weight is 214 g/mol. The van der Waals surface area contributed by atoms with E-state index in [-0.39, 0.29) is 6.10 Å². The predicted molar refractivity (Wildman–Crippen MR) is 59.6 cm³/mol. The second-order valence-corrected chi connectivity index (χ2v) is 3.95. The molecule has 15 heavy (non-hydrogen) atoms. The van der Waals surface area contributed by atoms with Gasteiger partial charge in [0.15, 0.2) is 0 Å². The fraction of sp³-hybridized carbons (Fsp3) is 0.909. The Morgan fingerprint density at radius 2 is 2.20 bits per heavy atom. The number of methoxy groups -OCH3 is 1. The third kappa shape index (κ3) is 6.45. The van der Waals surface area contributed by atoms with Crippen LogP contribution in [0.25, 0.3) is 0 Å². The first kappa shape index (κ1) is 14.4. The van der Waals surface area contributed by atoms with Crippen LogP contribution in [0, 0.1) is 11.3 Å². The van der Waals surface area contributed by atoms with Crippen molar-refractivity contribution >= 4 is 0 Å². The van der Waals surface area contributed by atoms with E-state index < -0.39 is 5.54 Å². The van der Waals surface area contributed by atoms with Crippen LogP contribution in [0.3, 0.4) is 0 Å². The Balaban J connectivity index is 3.93. The van der Waals surface area contributed by atoms with E-state index in [2.05, 4.69) is 18.3 Å². The molecule has 0 aliphatic rings. The standard InChI is InChI=1S/C11H22N2O2/c1-5-6-13-11(3,8-12)9-15-10(2)7-14-4/h10,13H,5-7,9H2,1-4H3. The van der Waals surface area contributed by atoms with Crippen molar-refractivity contribution in [2.75, 3.05) is 26.9 Å². The zero-order valence-electron chi connectivity index (χ0n) is 10.2. The van der Waals surface area contributed by atoms with E-state index in [0.29, 0.717) is 13.2 Å². The molecule has 0 amide bonds. The third-order valence-electron chi connectivity index (χ3n) is 2.07. The van der Waals surface area contributed by atoms with E-state index in [1.54, 1.807) is 7.11 Å². The summed E-state index contributed by atoms with van der Waals surface area (Å²) < 4.78 is 10.5. The molecule has 0 radical (unpaired) electrons. The van der Waals surface area contributed by atoms with Crippen LogP contribution in [0.2, 0.25) is 0 Å². The average Bonchev–Trinajstić information content (AvgIpc) is 2.24. The van der Waals surface area contributed by atoms with Crippen molar-refractivity contribution in [2.45, 2.75) is 38.8 Å². The van der Waals surface area contributed by atoms with Crippen LogP contribution in [-0.4, -0.2) is 38.5 Å². The number of hydrogen-bond donors (Lipinski definition) is 1. The Morgan fingerprint density at radius 1 is 1.53 bits per heavy atom. The van der Waals surface area contributed by atoms with Gasteiger partial charge in [0.1, 0.15) is 5.54 Å². The van der Waals surface area contributed by atoms with Crippen LogP contribution in [0.15, 0.2) is 0 Å². The molecular weight excluding hydrogens is 192 g/mol. The molecule has 1 N–H and O–H groups in total. The molecule has 0 fully saturated rings. The van der Waals surface area contributed by atoms with Crippen molar-refractivity contribution in [3.05, 3.63) is 0 Å². The van der Waals surface area contributed by atoms with Crippen LogP contribution in [0.1, 0.15) is 27.2 Å². The fourth-order valence-corrected chi connectivity index (χ4v) is 1.12. The Morgan fingerprint density at radius 3 is 2.67 bits per heavy atom. The first-order valence-corrected chi connectivity index (χ1v) is 5.34. The molecule has 2 atom stereocenters. The molecule has 0 rings (SSSR count). The molecule has 0 heterocycles. The number of hydrogen-bond acceptors (Lipinski definition) is 4. The van der Waals surface area contributed by atoms with Crippen molar-refractivity contribution in [1.29, 1.82) is 5.26 Å². The quantitative estimate of drug-likeness (QED) is 0.662. The van der Waals surface area contributed by atoms with Gasteiger partial charge in [0.05, 0.1) is 25.4 Å². The highest BCUT2D eigenvalue weighted by Gasteiger charge is 2.23. The van der Waals surface area contributed by atoms with Crippen molar-refractivity contribution in [1.82, 2.24) is 5.32 Å². The molecule has 2 unspecified atom stereocenters. The lowest BCUT2D eigenvalue weighted by atomic mass is 10.1. The summed E-state index contributed by atoms with van der Waals surface area (Å²) in [5, 5.41) is 12.2. The van der Waals surface area contributed by atoms with E-state index in [1.807, 2.05) is 13.8 Å². The predicted octanol–water partition coefficient (Wildman–Crippen LogP) is 1.32. The summed E-state index contributed by atoms with van der Waals surface area (Å²) in [5.41, 5.74) is -0.599. The van der Waals surface area contributed by atoms with Crippen molar-refractivity contribution < 1.29 is 9.47 Å². The summed E-state index contributed by atoms with van der Waals surface area (Å²) in [7, 11) is 1.64.